The Morgan fingerprint density at radius 2 is 2.00 bits per heavy atom. The van der Waals surface area contributed by atoms with Crippen molar-refractivity contribution in [3.63, 3.8) is 0 Å². The van der Waals surface area contributed by atoms with Crippen molar-refractivity contribution in [3.05, 3.63) is 48.4 Å². The Labute approximate surface area is 156 Å². The minimum Gasteiger partial charge on any atom is -0.469 e. The van der Waals surface area contributed by atoms with Gasteiger partial charge in [-0.05, 0) is 25.1 Å². The average molecular weight is 367 g/mol. The Morgan fingerprint density at radius 3 is 2.70 bits per heavy atom. The van der Waals surface area contributed by atoms with Crippen molar-refractivity contribution < 1.29 is 13.6 Å². The van der Waals surface area contributed by atoms with E-state index in [0.717, 1.165) is 30.2 Å². The second kappa shape index (κ2) is 7.61. The molecule has 1 amide bonds. The van der Waals surface area contributed by atoms with Gasteiger partial charge in [-0.2, -0.15) is 0 Å². The number of hydrogen-bond acceptors (Lipinski definition) is 7. The van der Waals surface area contributed by atoms with Crippen LogP contribution in [0, 0.1) is 6.92 Å². The quantitative estimate of drug-likeness (QED) is 0.684. The van der Waals surface area contributed by atoms with E-state index in [1.807, 2.05) is 30.0 Å². The Morgan fingerprint density at radius 1 is 1.15 bits per heavy atom. The molecule has 0 bridgehead atoms. The molecule has 3 aromatic rings. The second-order valence-corrected chi connectivity index (χ2v) is 6.45. The molecule has 0 spiro atoms. The van der Waals surface area contributed by atoms with Crippen LogP contribution < -0.4 is 4.90 Å². The van der Waals surface area contributed by atoms with Gasteiger partial charge >= 0.3 is 0 Å². The molecular weight excluding hydrogens is 346 g/mol. The highest BCUT2D eigenvalue weighted by Crippen LogP contribution is 2.23. The van der Waals surface area contributed by atoms with Gasteiger partial charge in [-0.25, -0.2) is 4.98 Å². The van der Waals surface area contributed by atoms with Crippen molar-refractivity contribution in [2.75, 3.05) is 31.1 Å². The van der Waals surface area contributed by atoms with Gasteiger partial charge in [0.25, 0.3) is 5.89 Å². The van der Waals surface area contributed by atoms with Crippen molar-refractivity contribution in [1.82, 2.24) is 20.1 Å². The Bertz CT molecular complexity index is 897. The van der Waals surface area contributed by atoms with Crippen LogP contribution in [0.15, 0.2) is 45.6 Å². The van der Waals surface area contributed by atoms with E-state index >= 15 is 0 Å². The molecule has 0 saturated carbocycles. The highest BCUT2D eigenvalue weighted by molar-refractivity contribution is 5.76. The summed E-state index contributed by atoms with van der Waals surface area (Å²) in [6, 6.07) is 7.66. The van der Waals surface area contributed by atoms with Crippen LogP contribution in [0.4, 0.5) is 5.82 Å². The van der Waals surface area contributed by atoms with Gasteiger partial charge in [0, 0.05) is 45.2 Å². The van der Waals surface area contributed by atoms with Crippen LogP contribution in [0.2, 0.25) is 0 Å². The van der Waals surface area contributed by atoms with Crippen molar-refractivity contribution in [1.29, 1.82) is 0 Å². The molecule has 1 saturated heterocycles. The molecule has 27 heavy (non-hydrogen) atoms. The highest BCUT2D eigenvalue weighted by atomic mass is 16.4. The van der Waals surface area contributed by atoms with Gasteiger partial charge in [0.05, 0.1) is 11.8 Å². The van der Waals surface area contributed by atoms with Crippen LogP contribution in [0.25, 0.3) is 11.5 Å². The van der Waals surface area contributed by atoms with Crippen molar-refractivity contribution in [3.8, 4) is 11.5 Å². The third kappa shape index (κ3) is 3.84. The molecular formula is C19H21N5O3. The predicted molar refractivity (Wildman–Crippen MR) is 98.1 cm³/mol. The summed E-state index contributed by atoms with van der Waals surface area (Å²) >= 11 is 0. The van der Waals surface area contributed by atoms with Crippen molar-refractivity contribution in [2.45, 2.75) is 19.8 Å². The van der Waals surface area contributed by atoms with Crippen LogP contribution in [-0.2, 0) is 11.2 Å². The first-order chi connectivity index (χ1) is 13.2. The number of aryl methyl sites for hydroxylation is 2. The maximum Gasteiger partial charge on any atom is 0.251 e. The third-order valence-electron chi connectivity index (χ3n) is 4.71. The lowest BCUT2D eigenvalue weighted by atomic mass is 10.2. The van der Waals surface area contributed by atoms with E-state index in [-0.39, 0.29) is 5.91 Å². The number of carbonyl (C=O) groups excluding carboxylic acids is 1. The molecule has 0 aromatic carbocycles. The number of amides is 1. The summed E-state index contributed by atoms with van der Waals surface area (Å²) in [5, 5.41) is 8.07. The maximum atomic E-state index is 12.5. The summed E-state index contributed by atoms with van der Waals surface area (Å²) in [6.07, 6.45) is 4.16. The third-order valence-corrected chi connectivity index (χ3v) is 4.71. The number of pyridine rings is 1. The van der Waals surface area contributed by atoms with Gasteiger partial charge in [0.1, 0.15) is 11.6 Å². The van der Waals surface area contributed by atoms with Gasteiger partial charge in [0.15, 0.2) is 0 Å². The first kappa shape index (κ1) is 17.3. The van der Waals surface area contributed by atoms with E-state index in [0.29, 0.717) is 37.7 Å². The lowest BCUT2D eigenvalue weighted by Gasteiger charge is -2.35. The predicted octanol–water partition coefficient (Wildman–Crippen LogP) is 2.31. The summed E-state index contributed by atoms with van der Waals surface area (Å²) in [7, 11) is 0. The molecule has 0 radical (unpaired) electrons. The molecule has 1 aliphatic rings. The minimum absolute atomic E-state index is 0.106. The highest BCUT2D eigenvalue weighted by Gasteiger charge is 2.22. The molecule has 1 aliphatic heterocycles. The Hall–Kier alpha value is -3.16. The molecule has 0 unspecified atom stereocenters. The number of furan rings is 1. The molecule has 140 valence electrons. The normalized spacial score (nSPS) is 14.6. The van der Waals surface area contributed by atoms with E-state index in [1.54, 1.807) is 18.5 Å². The summed E-state index contributed by atoms with van der Waals surface area (Å²) in [4.78, 5) is 20.9. The summed E-state index contributed by atoms with van der Waals surface area (Å²) in [5.41, 5.74) is 0.783. The number of nitrogens with zero attached hydrogens (tertiary/aromatic N) is 5. The van der Waals surface area contributed by atoms with Crippen molar-refractivity contribution >= 4 is 11.7 Å². The van der Waals surface area contributed by atoms with Crippen LogP contribution in [0.5, 0.6) is 0 Å². The van der Waals surface area contributed by atoms with E-state index in [2.05, 4.69) is 20.1 Å². The number of piperazine rings is 1. The monoisotopic (exact) mass is 367 g/mol. The number of rotatable bonds is 5. The van der Waals surface area contributed by atoms with E-state index in [9.17, 15) is 4.79 Å². The second-order valence-electron chi connectivity index (χ2n) is 6.45. The lowest BCUT2D eigenvalue weighted by Crippen LogP contribution is -2.49. The van der Waals surface area contributed by atoms with Gasteiger partial charge < -0.3 is 18.6 Å². The van der Waals surface area contributed by atoms with Gasteiger partial charge in [-0.1, -0.05) is 6.07 Å². The van der Waals surface area contributed by atoms with E-state index in [4.69, 9.17) is 8.83 Å². The number of aromatic nitrogens is 3. The summed E-state index contributed by atoms with van der Waals surface area (Å²) < 4.78 is 10.9. The zero-order valence-corrected chi connectivity index (χ0v) is 15.2. The van der Waals surface area contributed by atoms with E-state index in [1.165, 1.54) is 0 Å². The van der Waals surface area contributed by atoms with Gasteiger partial charge in [0.2, 0.25) is 11.8 Å². The minimum atomic E-state index is 0.106. The average Bonchev–Trinajstić information content (AvgIpc) is 3.35. The number of anilines is 1. The van der Waals surface area contributed by atoms with Crippen LogP contribution in [-0.4, -0.2) is 52.2 Å². The first-order valence-corrected chi connectivity index (χ1v) is 9.01. The maximum absolute atomic E-state index is 12.5. The number of carbonyl (C=O) groups is 1. The fraction of sp³-hybridized carbons (Fsp3) is 0.368. The Kier molecular flexibility index (Phi) is 4.86. The summed E-state index contributed by atoms with van der Waals surface area (Å²) in [6.45, 7) is 4.80. The fourth-order valence-corrected chi connectivity index (χ4v) is 3.17. The van der Waals surface area contributed by atoms with Crippen molar-refractivity contribution in [2.24, 2.45) is 0 Å². The zero-order valence-electron chi connectivity index (χ0n) is 15.2. The van der Waals surface area contributed by atoms with Crippen LogP contribution in [0.3, 0.4) is 0 Å². The molecule has 0 atom stereocenters. The van der Waals surface area contributed by atoms with Gasteiger partial charge in [-0.15, -0.1) is 10.2 Å². The Balaban J connectivity index is 1.28. The first-order valence-electron chi connectivity index (χ1n) is 9.01. The standard InChI is InChI=1S/C19H21N5O3/c1-14-15(7-13-26-14)19-22-21-17(27-19)5-6-18(25)24-11-9-23(10-12-24)16-4-2-3-8-20-16/h2-4,7-8,13H,5-6,9-12H2,1H3. The van der Waals surface area contributed by atoms with Gasteiger partial charge in [-0.3, -0.25) is 4.79 Å². The summed E-state index contributed by atoms with van der Waals surface area (Å²) in [5.74, 6) is 2.68. The van der Waals surface area contributed by atoms with Crippen LogP contribution >= 0.6 is 0 Å². The molecule has 0 aliphatic carbocycles. The zero-order chi connectivity index (χ0) is 18.6. The molecule has 1 fully saturated rings. The molecule has 4 heterocycles. The molecule has 8 heteroatoms. The fourth-order valence-electron chi connectivity index (χ4n) is 3.17. The number of hydrogen-bond donors (Lipinski definition) is 0. The van der Waals surface area contributed by atoms with E-state index < -0.39 is 0 Å². The molecule has 0 N–H and O–H groups in total. The topological polar surface area (TPSA) is 88.5 Å². The lowest BCUT2D eigenvalue weighted by molar-refractivity contribution is -0.131. The molecule has 4 rings (SSSR count). The molecule has 3 aromatic heterocycles. The van der Waals surface area contributed by atoms with Crippen LogP contribution in [0.1, 0.15) is 18.1 Å². The largest absolute Gasteiger partial charge is 0.469 e. The smallest absolute Gasteiger partial charge is 0.251 e. The molecule has 8 nitrogen and oxygen atoms in total. The SMILES string of the molecule is Cc1occc1-c1nnc(CCC(=O)N2CCN(c3ccccn3)CC2)o1.